The predicted octanol–water partition coefficient (Wildman–Crippen LogP) is 0.118. The van der Waals surface area contributed by atoms with Gasteiger partial charge in [-0.25, -0.2) is 0 Å². The number of carbonyl (C=O) groups excluding carboxylic acids is 1. The van der Waals surface area contributed by atoms with Gasteiger partial charge in [-0.3, -0.25) is 4.79 Å². The van der Waals surface area contributed by atoms with Gasteiger partial charge in [0.25, 0.3) is 0 Å². The molecule has 0 aliphatic carbocycles. The van der Waals surface area contributed by atoms with E-state index in [1.54, 1.807) is 7.11 Å². The fourth-order valence-electron chi connectivity index (χ4n) is 2.06. The fourth-order valence-corrected chi connectivity index (χ4v) is 2.98. The molecule has 0 spiro atoms. The molecule has 1 fully saturated rings. The molecule has 112 valence electrons. The van der Waals surface area contributed by atoms with Crippen molar-refractivity contribution in [1.82, 2.24) is 15.1 Å². The van der Waals surface area contributed by atoms with Gasteiger partial charge < -0.3 is 19.9 Å². The summed E-state index contributed by atoms with van der Waals surface area (Å²) in [7, 11) is 5.79. The lowest BCUT2D eigenvalue weighted by atomic mass is 10.2. The minimum Gasteiger partial charge on any atom is -0.383 e. The Labute approximate surface area is 121 Å². The number of nitrogens with zero attached hydrogens (tertiary/aromatic N) is 2. The van der Waals surface area contributed by atoms with Gasteiger partial charge >= 0.3 is 0 Å². The Balaban J connectivity index is 2.43. The van der Waals surface area contributed by atoms with E-state index in [1.165, 1.54) is 0 Å². The van der Waals surface area contributed by atoms with Crippen molar-refractivity contribution in [1.29, 1.82) is 0 Å². The molecule has 1 unspecified atom stereocenters. The van der Waals surface area contributed by atoms with E-state index in [9.17, 15) is 4.79 Å². The summed E-state index contributed by atoms with van der Waals surface area (Å²) in [6, 6.07) is -0.0186. The maximum Gasteiger partial charge on any atom is 0.240 e. The first-order valence-electron chi connectivity index (χ1n) is 6.88. The molecule has 0 aromatic carbocycles. The summed E-state index contributed by atoms with van der Waals surface area (Å²) < 4.78 is 5.11. The van der Waals surface area contributed by atoms with E-state index in [-0.39, 0.29) is 11.9 Å². The summed E-state index contributed by atoms with van der Waals surface area (Å²) >= 11 is 1.85. The zero-order valence-corrected chi connectivity index (χ0v) is 13.2. The van der Waals surface area contributed by atoms with E-state index in [2.05, 4.69) is 24.3 Å². The van der Waals surface area contributed by atoms with Gasteiger partial charge in [-0.2, -0.15) is 11.8 Å². The van der Waals surface area contributed by atoms with Crippen LogP contribution in [0.1, 0.15) is 6.42 Å². The van der Waals surface area contributed by atoms with E-state index in [0.717, 1.165) is 37.6 Å². The summed E-state index contributed by atoms with van der Waals surface area (Å²) in [4.78, 5) is 16.5. The second kappa shape index (κ2) is 9.58. The minimum absolute atomic E-state index is 0.0186. The monoisotopic (exact) mass is 289 g/mol. The molecule has 1 aliphatic rings. The third-order valence-electron chi connectivity index (χ3n) is 3.13. The third-order valence-corrected chi connectivity index (χ3v) is 4.19. The lowest BCUT2D eigenvalue weighted by Gasteiger charge is -2.30. The Bertz CT molecular complexity index is 258. The van der Waals surface area contributed by atoms with Crippen molar-refractivity contribution in [2.24, 2.45) is 0 Å². The number of ether oxygens (including phenoxy) is 1. The largest absolute Gasteiger partial charge is 0.383 e. The van der Waals surface area contributed by atoms with Crippen LogP contribution in [0.5, 0.6) is 0 Å². The Morgan fingerprint density at radius 3 is 2.74 bits per heavy atom. The van der Waals surface area contributed by atoms with Gasteiger partial charge in [-0.15, -0.1) is 0 Å². The van der Waals surface area contributed by atoms with Gasteiger partial charge in [0.05, 0.1) is 12.6 Å². The molecular formula is C13H27N3O2S. The molecule has 0 aromatic rings. The molecule has 6 heteroatoms. The molecule has 19 heavy (non-hydrogen) atoms. The number of hydrogen-bond acceptors (Lipinski definition) is 5. The highest BCUT2D eigenvalue weighted by atomic mass is 32.2. The minimum atomic E-state index is -0.0186. The molecule has 1 atom stereocenters. The lowest BCUT2D eigenvalue weighted by molar-refractivity contribution is -0.133. The maximum atomic E-state index is 12.5. The van der Waals surface area contributed by atoms with Crippen LogP contribution in [0.4, 0.5) is 0 Å². The fraction of sp³-hybridized carbons (Fsp3) is 0.923. The molecule has 0 aromatic heterocycles. The summed E-state index contributed by atoms with van der Waals surface area (Å²) in [6.45, 7) is 4.03. The average Bonchev–Trinajstić information content (AvgIpc) is 2.42. The van der Waals surface area contributed by atoms with Gasteiger partial charge in [-0.1, -0.05) is 0 Å². The molecule has 0 bridgehead atoms. The van der Waals surface area contributed by atoms with Crippen LogP contribution < -0.4 is 5.32 Å². The van der Waals surface area contributed by atoms with Gasteiger partial charge in [0.15, 0.2) is 0 Å². The van der Waals surface area contributed by atoms with Crippen molar-refractivity contribution < 1.29 is 9.53 Å². The van der Waals surface area contributed by atoms with Crippen LogP contribution in [0.15, 0.2) is 0 Å². The highest BCUT2D eigenvalue weighted by Gasteiger charge is 2.25. The SMILES string of the molecule is COCCN(CCCN(C)C)C(=O)C1CSCCN1. The number of rotatable bonds is 8. The predicted molar refractivity (Wildman–Crippen MR) is 80.7 cm³/mol. The number of thioether (sulfide) groups is 1. The Kier molecular flexibility index (Phi) is 8.45. The number of carbonyl (C=O) groups is 1. The van der Waals surface area contributed by atoms with Gasteiger partial charge in [0.2, 0.25) is 5.91 Å². The van der Waals surface area contributed by atoms with Crippen molar-refractivity contribution >= 4 is 17.7 Å². The highest BCUT2D eigenvalue weighted by Crippen LogP contribution is 2.10. The Morgan fingerprint density at radius 2 is 2.16 bits per heavy atom. The molecule has 1 aliphatic heterocycles. The van der Waals surface area contributed by atoms with Gasteiger partial charge in [-0.05, 0) is 27.1 Å². The van der Waals surface area contributed by atoms with E-state index >= 15 is 0 Å². The van der Waals surface area contributed by atoms with E-state index in [4.69, 9.17) is 4.74 Å². The zero-order valence-electron chi connectivity index (χ0n) is 12.4. The summed E-state index contributed by atoms with van der Waals surface area (Å²) in [6.07, 6.45) is 1.00. The molecular weight excluding hydrogens is 262 g/mol. The second-order valence-corrected chi connectivity index (χ2v) is 6.21. The molecule has 1 rings (SSSR count). The van der Waals surface area contributed by atoms with Gasteiger partial charge in [0.1, 0.15) is 0 Å². The van der Waals surface area contributed by atoms with Crippen LogP contribution in [0.3, 0.4) is 0 Å². The summed E-state index contributed by atoms with van der Waals surface area (Å²) in [5, 5.41) is 3.31. The van der Waals surface area contributed by atoms with E-state index in [1.807, 2.05) is 16.7 Å². The molecule has 1 amide bonds. The number of hydrogen-bond donors (Lipinski definition) is 1. The number of amides is 1. The molecule has 0 radical (unpaired) electrons. The molecule has 1 saturated heterocycles. The van der Waals surface area contributed by atoms with Crippen LogP contribution in [-0.4, -0.2) is 87.2 Å². The first-order chi connectivity index (χ1) is 9.15. The normalized spacial score (nSPS) is 19.7. The smallest absolute Gasteiger partial charge is 0.240 e. The van der Waals surface area contributed by atoms with E-state index in [0.29, 0.717) is 13.2 Å². The van der Waals surface area contributed by atoms with E-state index < -0.39 is 0 Å². The Morgan fingerprint density at radius 1 is 1.37 bits per heavy atom. The van der Waals surface area contributed by atoms with Crippen LogP contribution in [0, 0.1) is 0 Å². The molecule has 5 nitrogen and oxygen atoms in total. The standard InChI is InChI=1S/C13H27N3O2S/c1-15(2)6-4-7-16(8-9-18-3)13(17)12-11-19-10-5-14-12/h12,14H,4-11H2,1-3H3. The summed E-state index contributed by atoms with van der Waals surface area (Å²) in [5.41, 5.74) is 0. The van der Waals surface area contributed by atoms with Crippen molar-refractivity contribution in [2.75, 3.05) is 65.5 Å². The topological polar surface area (TPSA) is 44.8 Å². The third kappa shape index (κ3) is 6.61. The first-order valence-corrected chi connectivity index (χ1v) is 8.04. The number of nitrogens with one attached hydrogen (secondary N) is 1. The van der Waals surface area contributed by atoms with Crippen LogP contribution >= 0.6 is 11.8 Å². The highest BCUT2D eigenvalue weighted by molar-refractivity contribution is 7.99. The van der Waals surface area contributed by atoms with Gasteiger partial charge in [0, 0.05) is 38.2 Å². The quantitative estimate of drug-likeness (QED) is 0.687. The van der Waals surface area contributed by atoms with Crippen molar-refractivity contribution in [3.63, 3.8) is 0 Å². The zero-order chi connectivity index (χ0) is 14.1. The van der Waals surface area contributed by atoms with Crippen molar-refractivity contribution in [2.45, 2.75) is 12.5 Å². The number of methoxy groups -OCH3 is 1. The first kappa shape index (κ1) is 16.8. The maximum absolute atomic E-state index is 12.5. The second-order valence-electron chi connectivity index (χ2n) is 5.06. The van der Waals surface area contributed by atoms with Crippen LogP contribution in [0.25, 0.3) is 0 Å². The Hall–Kier alpha value is -0.300. The molecule has 1 heterocycles. The molecule has 0 saturated carbocycles. The van der Waals surface area contributed by atoms with Crippen molar-refractivity contribution in [3.8, 4) is 0 Å². The molecule has 1 N–H and O–H groups in total. The average molecular weight is 289 g/mol. The van der Waals surface area contributed by atoms with Crippen LogP contribution in [0.2, 0.25) is 0 Å². The van der Waals surface area contributed by atoms with Crippen molar-refractivity contribution in [3.05, 3.63) is 0 Å². The summed E-state index contributed by atoms with van der Waals surface area (Å²) in [5.74, 6) is 2.21. The lowest BCUT2D eigenvalue weighted by Crippen LogP contribution is -2.51. The van der Waals surface area contributed by atoms with Crippen LogP contribution in [-0.2, 0) is 9.53 Å².